The zero-order chi connectivity index (χ0) is 37.7. The second kappa shape index (κ2) is 15.9. The van der Waals surface area contributed by atoms with Crippen molar-refractivity contribution in [2.75, 3.05) is 26.6 Å². The quantitative estimate of drug-likeness (QED) is 0.139. The first kappa shape index (κ1) is 37.9. The van der Waals surface area contributed by atoms with Crippen molar-refractivity contribution in [3.63, 3.8) is 0 Å². The summed E-state index contributed by atoms with van der Waals surface area (Å²) < 4.78 is 50.1. The number of amides is 1. The predicted molar refractivity (Wildman–Crippen MR) is 191 cm³/mol. The van der Waals surface area contributed by atoms with Crippen molar-refractivity contribution in [1.82, 2.24) is 9.55 Å². The minimum atomic E-state index is -1.21. The molecule has 278 valence electrons. The average Bonchev–Trinajstić information content (AvgIpc) is 3.44. The summed E-state index contributed by atoms with van der Waals surface area (Å²) in [4.78, 5) is 42.2. The van der Waals surface area contributed by atoms with Crippen LogP contribution in [0.2, 0.25) is 0 Å². The van der Waals surface area contributed by atoms with Gasteiger partial charge in [-0.1, -0.05) is 6.07 Å². The standard InChI is InChI=1S/C38H45FN4O9/c1-21-14-29(42-36(34(21)50-26-16-25(17-26)48-6)41-19-23-8-10-24(47-5)18-31(23)49-7)22-9-11-27(28(39)15-22)32-20-43(37(46)51-32)30(35(40)45)12-13-33(44)52-38(2,3)4/h8-11,14-15,18,20,25-26,30H,12-13,16-17,19H2,1-7H3,(H2,40,45)(H,41,42). The van der Waals surface area contributed by atoms with Gasteiger partial charge in [0.25, 0.3) is 0 Å². The van der Waals surface area contributed by atoms with Crippen LogP contribution >= 0.6 is 0 Å². The van der Waals surface area contributed by atoms with E-state index in [1.165, 1.54) is 18.3 Å². The van der Waals surface area contributed by atoms with Crippen LogP contribution in [0.25, 0.3) is 22.6 Å². The molecule has 1 fully saturated rings. The molecule has 0 aliphatic heterocycles. The molecule has 2 aromatic carbocycles. The highest BCUT2D eigenvalue weighted by Crippen LogP contribution is 2.38. The summed E-state index contributed by atoms with van der Waals surface area (Å²) in [6.45, 7) is 7.39. The van der Waals surface area contributed by atoms with Gasteiger partial charge in [0.2, 0.25) is 5.91 Å². The van der Waals surface area contributed by atoms with E-state index in [9.17, 15) is 14.4 Å². The van der Waals surface area contributed by atoms with Crippen LogP contribution in [0.3, 0.4) is 0 Å². The van der Waals surface area contributed by atoms with Gasteiger partial charge in [-0.05, 0) is 70.0 Å². The number of aromatic nitrogens is 2. The monoisotopic (exact) mass is 720 g/mol. The molecule has 0 spiro atoms. The molecule has 2 heterocycles. The van der Waals surface area contributed by atoms with Gasteiger partial charge < -0.3 is 39.2 Å². The number of benzene rings is 2. The predicted octanol–water partition coefficient (Wildman–Crippen LogP) is 5.95. The van der Waals surface area contributed by atoms with Gasteiger partial charge in [-0.15, -0.1) is 0 Å². The molecule has 3 N–H and O–H groups in total. The van der Waals surface area contributed by atoms with Crippen LogP contribution in [0, 0.1) is 12.7 Å². The highest BCUT2D eigenvalue weighted by Gasteiger charge is 2.32. The summed E-state index contributed by atoms with van der Waals surface area (Å²) in [6.07, 6.45) is 2.52. The topological polar surface area (TPSA) is 166 Å². The summed E-state index contributed by atoms with van der Waals surface area (Å²) >= 11 is 0. The molecule has 0 saturated heterocycles. The van der Waals surface area contributed by atoms with Gasteiger partial charge in [-0.2, -0.15) is 0 Å². The number of rotatable bonds is 15. The largest absolute Gasteiger partial charge is 0.497 e. The molecule has 0 bridgehead atoms. The fourth-order valence-electron chi connectivity index (χ4n) is 5.86. The van der Waals surface area contributed by atoms with Crippen molar-refractivity contribution in [3.05, 3.63) is 76.2 Å². The average molecular weight is 721 g/mol. The fraction of sp³-hybridized carbons (Fsp3) is 0.421. The van der Waals surface area contributed by atoms with Gasteiger partial charge >= 0.3 is 11.7 Å². The lowest BCUT2D eigenvalue weighted by atomic mass is 9.92. The van der Waals surface area contributed by atoms with E-state index in [1.807, 2.05) is 25.1 Å². The van der Waals surface area contributed by atoms with E-state index >= 15 is 4.39 Å². The maximum Gasteiger partial charge on any atom is 0.420 e. The van der Waals surface area contributed by atoms with E-state index in [0.29, 0.717) is 40.9 Å². The Labute approximate surface area is 301 Å². The van der Waals surface area contributed by atoms with Crippen molar-refractivity contribution in [2.24, 2.45) is 5.73 Å². The summed E-state index contributed by atoms with van der Waals surface area (Å²) in [5.74, 6) is -0.812. The Morgan fingerprint density at radius 2 is 1.83 bits per heavy atom. The molecule has 1 aliphatic rings. The molecule has 1 aliphatic carbocycles. The fourth-order valence-corrected chi connectivity index (χ4v) is 5.86. The number of anilines is 1. The molecule has 14 heteroatoms. The summed E-state index contributed by atoms with van der Waals surface area (Å²) in [7, 11) is 4.85. The lowest BCUT2D eigenvalue weighted by Gasteiger charge is -2.35. The third-order valence-corrected chi connectivity index (χ3v) is 8.67. The van der Waals surface area contributed by atoms with Crippen molar-refractivity contribution in [1.29, 1.82) is 0 Å². The van der Waals surface area contributed by atoms with Gasteiger partial charge in [0.1, 0.15) is 35.1 Å². The highest BCUT2D eigenvalue weighted by atomic mass is 19.1. The number of nitrogens with one attached hydrogen (secondary N) is 1. The Hall–Kier alpha value is -5.37. The van der Waals surface area contributed by atoms with Crippen molar-refractivity contribution in [3.8, 4) is 39.8 Å². The van der Waals surface area contributed by atoms with Crippen LogP contribution in [0.5, 0.6) is 17.2 Å². The van der Waals surface area contributed by atoms with Gasteiger partial charge in [0.05, 0.1) is 37.8 Å². The Kier molecular flexibility index (Phi) is 11.6. The third-order valence-electron chi connectivity index (χ3n) is 8.67. The van der Waals surface area contributed by atoms with Crippen molar-refractivity contribution >= 4 is 17.7 Å². The van der Waals surface area contributed by atoms with Gasteiger partial charge in [-0.25, -0.2) is 14.2 Å². The maximum atomic E-state index is 15.8. The molecule has 52 heavy (non-hydrogen) atoms. The highest BCUT2D eigenvalue weighted by molar-refractivity contribution is 5.79. The number of pyridine rings is 1. The molecule has 1 unspecified atom stereocenters. The Morgan fingerprint density at radius 3 is 2.46 bits per heavy atom. The number of esters is 1. The number of hydrogen-bond acceptors (Lipinski definition) is 11. The first-order chi connectivity index (χ1) is 24.7. The van der Waals surface area contributed by atoms with Gasteiger partial charge in [0.15, 0.2) is 17.3 Å². The van der Waals surface area contributed by atoms with Crippen LogP contribution in [0.15, 0.2) is 57.9 Å². The lowest BCUT2D eigenvalue weighted by molar-refractivity contribution is -0.155. The Balaban J connectivity index is 1.41. The normalized spacial score (nSPS) is 16.1. The lowest BCUT2D eigenvalue weighted by Crippen LogP contribution is -2.39. The maximum absolute atomic E-state index is 15.8. The number of halogens is 1. The Morgan fingerprint density at radius 1 is 1.08 bits per heavy atom. The molecule has 4 aromatic rings. The van der Waals surface area contributed by atoms with E-state index in [0.717, 1.165) is 28.5 Å². The molecule has 1 amide bonds. The van der Waals surface area contributed by atoms with Gasteiger partial charge in [0, 0.05) is 50.1 Å². The zero-order valence-electron chi connectivity index (χ0n) is 30.4. The minimum Gasteiger partial charge on any atom is -0.497 e. The zero-order valence-corrected chi connectivity index (χ0v) is 30.4. The van der Waals surface area contributed by atoms with Crippen LogP contribution in [-0.2, 0) is 25.6 Å². The van der Waals surface area contributed by atoms with Crippen molar-refractivity contribution < 1.29 is 42.1 Å². The van der Waals surface area contributed by atoms with E-state index in [2.05, 4.69) is 5.32 Å². The number of hydrogen-bond donors (Lipinski definition) is 2. The van der Waals surface area contributed by atoms with Crippen LogP contribution in [0.4, 0.5) is 10.2 Å². The molecular weight excluding hydrogens is 675 g/mol. The number of nitrogens with zero attached hydrogens (tertiary/aromatic N) is 2. The molecular formula is C38H45FN4O9. The number of carbonyl (C=O) groups is 2. The first-order valence-electron chi connectivity index (χ1n) is 16.9. The summed E-state index contributed by atoms with van der Waals surface area (Å²) in [6, 6.07) is 10.5. The molecule has 1 saturated carbocycles. The Bertz CT molecular complexity index is 1980. The van der Waals surface area contributed by atoms with Crippen molar-refractivity contribution in [2.45, 2.75) is 83.8 Å². The molecule has 0 radical (unpaired) electrons. The van der Waals surface area contributed by atoms with E-state index in [-0.39, 0.29) is 36.4 Å². The molecule has 1 atom stereocenters. The molecule has 13 nitrogen and oxygen atoms in total. The second-order valence-electron chi connectivity index (χ2n) is 13.6. The number of ether oxygens (including phenoxy) is 5. The van der Waals surface area contributed by atoms with E-state index in [1.54, 1.807) is 54.2 Å². The third kappa shape index (κ3) is 8.91. The second-order valence-corrected chi connectivity index (χ2v) is 13.6. The summed E-state index contributed by atoms with van der Waals surface area (Å²) in [5.41, 5.74) is 7.40. The van der Waals surface area contributed by atoms with Crippen LogP contribution in [-0.4, -0.2) is 60.6 Å². The molecule has 2 aromatic heterocycles. The number of carbonyl (C=O) groups excluding carboxylic acids is 2. The van der Waals surface area contributed by atoms with Gasteiger partial charge in [-0.3, -0.25) is 14.2 Å². The summed E-state index contributed by atoms with van der Waals surface area (Å²) in [5, 5.41) is 3.38. The van der Waals surface area contributed by atoms with Crippen LogP contribution in [0.1, 0.15) is 63.6 Å². The van der Waals surface area contributed by atoms with E-state index in [4.69, 9.17) is 38.8 Å². The SMILES string of the molecule is COc1ccc(CNc2nc(-c3ccc(-c4cn(C(CCC(=O)OC(C)(C)C)C(N)=O)c(=O)o4)c(F)c3)cc(C)c2OC2CC(OC)C2)c(OC)c1. The minimum absolute atomic E-state index is 0.0192. The molecule has 5 rings (SSSR count). The number of aryl methyl sites for hydroxylation is 1. The van der Waals surface area contributed by atoms with Crippen LogP contribution < -0.4 is 31.0 Å². The number of oxazole rings is 1. The number of nitrogens with two attached hydrogens (primary N) is 1. The first-order valence-corrected chi connectivity index (χ1v) is 16.9. The number of methoxy groups -OCH3 is 3. The number of primary amides is 1. The smallest absolute Gasteiger partial charge is 0.420 e. The van der Waals surface area contributed by atoms with E-state index < -0.39 is 35.1 Å².